The first kappa shape index (κ1) is 19.6. The quantitative estimate of drug-likeness (QED) is 0.753. The number of nitroso groups, excluding NO2 is 1. The highest BCUT2D eigenvalue weighted by molar-refractivity contribution is 5.94. The Kier molecular flexibility index (Phi) is 4.31. The third-order valence-electron chi connectivity index (χ3n) is 6.12. The number of nitrogens with one attached hydrogen (secondary N) is 1. The van der Waals surface area contributed by atoms with Crippen LogP contribution in [0.15, 0.2) is 36.0 Å². The van der Waals surface area contributed by atoms with Crippen molar-refractivity contribution in [3.63, 3.8) is 0 Å². The lowest BCUT2D eigenvalue weighted by Crippen LogP contribution is -2.33. The molecule has 1 amide bonds. The largest absolute Gasteiger partial charge is 0.418 e. The van der Waals surface area contributed by atoms with Crippen molar-refractivity contribution in [1.29, 1.82) is 0 Å². The molecule has 1 aromatic carbocycles. The van der Waals surface area contributed by atoms with Crippen LogP contribution >= 0.6 is 0 Å². The highest BCUT2D eigenvalue weighted by Gasteiger charge is 2.41. The Morgan fingerprint density at radius 3 is 2.68 bits per heavy atom. The van der Waals surface area contributed by atoms with Crippen LogP contribution in [0.25, 0.3) is 0 Å². The zero-order chi connectivity index (χ0) is 21.9. The first-order valence-electron chi connectivity index (χ1n) is 9.87. The number of alkyl halides is 3. The third kappa shape index (κ3) is 3.24. The number of carbonyl (C=O) groups excluding carboxylic acids is 1. The molecular formula is C20H20F3N6O2+. The fraction of sp³-hybridized carbons (Fsp3) is 0.400. The number of rotatable bonds is 3. The second kappa shape index (κ2) is 6.82. The lowest BCUT2D eigenvalue weighted by atomic mass is 10.1. The number of likely N-dealkylation sites (tertiary alicyclic amines) is 1. The number of halogens is 3. The van der Waals surface area contributed by atoms with Gasteiger partial charge in [0, 0.05) is 37.3 Å². The molecule has 0 aliphatic carbocycles. The number of anilines is 1. The minimum atomic E-state index is -4.43. The van der Waals surface area contributed by atoms with Crippen LogP contribution in [0.3, 0.4) is 0 Å². The summed E-state index contributed by atoms with van der Waals surface area (Å²) in [6, 6.07) is 5.52. The SMILES string of the molecule is C[N+](=O)N1Cc2[nH]nc(C(=O)N3CC4=CN(c5ccccc5C(F)(F)F)CC4C3)c2C1. The van der Waals surface area contributed by atoms with E-state index in [-0.39, 0.29) is 17.5 Å². The fourth-order valence-electron chi connectivity index (χ4n) is 4.54. The van der Waals surface area contributed by atoms with Crippen LogP contribution in [0.4, 0.5) is 18.9 Å². The second-order valence-electron chi connectivity index (χ2n) is 8.07. The van der Waals surface area contributed by atoms with E-state index in [9.17, 15) is 22.9 Å². The standard InChI is InChI=1S/C20H19F3N6O2/c1-26(31)29-10-14-16(11-29)24-25-18(14)19(30)28-8-12-6-27(7-13(12)9-28)17-5-3-2-4-15(17)20(21,22)23/h2-6,13H,7-11H2,1H3/p+1. The monoisotopic (exact) mass is 433 g/mol. The average Bonchev–Trinajstić information content (AvgIpc) is 3.45. The molecule has 0 spiro atoms. The van der Waals surface area contributed by atoms with E-state index in [0.29, 0.717) is 38.4 Å². The van der Waals surface area contributed by atoms with Crippen LogP contribution in [0.1, 0.15) is 27.3 Å². The highest BCUT2D eigenvalue weighted by Crippen LogP contribution is 2.40. The molecule has 11 heteroatoms. The molecule has 1 saturated heterocycles. The Morgan fingerprint density at radius 1 is 1.19 bits per heavy atom. The Labute approximate surface area is 175 Å². The van der Waals surface area contributed by atoms with E-state index in [1.807, 2.05) is 0 Å². The number of benzene rings is 1. The fourth-order valence-corrected chi connectivity index (χ4v) is 4.54. The van der Waals surface area contributed by atoms with Gasteiger partial charge in [0.1, 0.15) is 18.0 Å². The maximum absolute atomic E-state index is 13.4. The van der Waals surface area contributed by atoms with Gasteiger partial charge in [0.15, 0.2) is 5.69 Å². The van der Waals surface area contributed by atoms with Crippen molar-refractivity contribution in [2.24, 2.45) is 5.92 Å². The second-order valence-corrected chi connectivity index (χ2v) is 8.07. The molecule has 31 heavy (non-hydrogen) atoms. The van der Waals surface area contributed by atoms with Crippen molar-refractivity contribution in [1.82, 2.24) is 20.1 Å². The summed E-state index contributed by atoms with van der Waals surface area (Å²) >= 11 is 0. The van der Waals surface area contributed by atoms with Crippen LogP contribution in [-0.2, 0) is 19.3 Å². The van der Waals surface area contributed by atoms with Crippen molar-refractivity contribution in [2.45, 2.75) is 19.3 Å². The van der Waals surface area contributed by atoms with E-state index in [2.05, 4.69) is 10.2 Å². The predicted octanol–water partition coefficient (Wildman–Crippen LogP) is 2.54. The van der Waals surface area contributed by atoms with Crippen LogP contribution in [0, 0.1) is 10.8 Å². The average molecular weight is 433 g/mol. The molecule has 0 bridgehead atoms. The number of carbonyl (C=O) groups is 1. The number of hydrogen-bond donors (Lipinski definition) is 1. The molecular weight excluding hydrogens is 413 g/mol. The summed E-state index contributed by atoms with van der Waals surface area (Å²) in [5, 5.41) is 8.55. The summed E-state index contributed by atoms with van der Waals surface area (Å²) in [6.07, 6.45) is -2.70. The number of fused-ring (bicyclic) bond motifs is 2. The first-order chi connectivity index (χ1) is 14.7. The number of H-pyrrole nitrogens is 1. The molecule has 1 fully saturated rings. The summed E-state index contributed by atoms with van der Waals surface area (Å²) < 4.78 is 40.1. The van der Waals surface area contributed by atoms with Gasteiger partial charge in [-0.05, 0) is 17.7 Å². The zero-order valence-corrected chi connectivity index (χ0v) is 16.7. The summed E-state index contributed by atoms with van der Waals surface area (Å²) in [7, 11) is 1.40. The van der Waals surface area contributed by atoms with Crippen LogP contribution in [0.5, 0.6) is 0 Å². The minimum absolute atomic E-state index is 0.0264. The number of nitrogens with zero attached hydrogens (tertiary/aromatic N) is 5. The smallest absolute Gasteiger partial charge is 0.347 e. The Morgan fingerprint density at radius 2 is 1.97 bits per heavy atom. The van der Waals surface area contributed by atoms with Crippen molar-refractivity contribution < 1.29 is 22.8 Å². The van der Waals surface area contributed by atoms with Crippen molar-refractivity contribution in [3.05, 3.63) is 63.5 Å². The Balaban J connectivity index is 1.33. The number of amides is 1. The molecule has 4 heterocycles. The molecule has 8 nitrogen and oxygen atoms in total. The topological polar surface area (TPSA) is 75.5 Å². The van der Waals surface area contributed by atoms with Gasteiger partial charge in [-0.2, -0.15) is 18.3 Å². The van der Waals surface area contributed by atoms with Gasteiger partial charge in [-0.1, -0.05) is 12.1 Å². The van der Waals surface area contributed by atoms with Crippen LogP contribution in [-0.4, -0.2) is 57.6 Å². The lowest BCUT2D eigenvalue weighted by molar-refractivity contribution is -0.691. The van der Waals surface area contributed by atoms with E-state index in [1.54, 1.807) is 27.1 Å². The third-order valence-corrected chi connectivity index (χ3v) is 6.12. The minimum Gasteiger partial charge on any atom is -0.347 e. The van der Waals surface area contributed by atoms with Crippen molar-refractivity contribution in [3.8, 4) is 0 Å². The maximum atomic E-state index is 13.4. The van der Waals surface area contributed by atoms with Gasteiger partial charge in [0.05, 0.1) is 21.9 Å². The van der Waals surface area contributed by atoms with Gasteiger partial charge in [-0.3, -0.25) is 9.89 Å². The van der Waals surface area contributed by atoms with Gasteiger partial charge in [0.2, 0.25) is 7.05 Å². The molecule has 0 saturated carbocycles. The van der Waals surface area contributed by atoms with E-state index in [1.165, 1.54) is 19.2 Å². The number of para-hydroxylation sites is 1. The van der Waals surface area contributed by atoms with Crippen molar-refractivity contribution >= 4 is 11.6 Å². The van der Waals surface area contributed by atoms with E-state index < -0.39 is 11.7 Å². The van der Waals surface area contributed by atoms with Gasteiger partial charge in [-0.15, -0.1) is 5.01 Å². The van der Waals surface area contributed by atoms with Gasteiger partial charge < -0.3 is 9.80 Å². The molecule has 0 radical (unpaired) electrons. The summed E-state index contributed by atoms with van der Waals surface area (Å²) in [4.78, 5) is 28.6. The van der Waals surface area contributed by atoms with E-state index in [4.69, 9.17) is 0 Å². The lowest BCUT2D eigenvalue weighted by Gasteiger charge is -2.23. The molecule has 1 aromatic heterocycles. The molecule has 5 rings (SSSR count). The normalized spacial score (nSPS) is 20.2. The molecule has 3 aliphatic heterocycles. The Hall–Kier alpha value is -3.37. The zero-order valence-electron chi connectivity index (χ0n) is 16.7. The number of aromatic nitrogens is 2. The molecule has 3 aliphatic rings. The number of hydrazine groups is 1. The molecule has 1 unspecified atom stereocenters. The number of hydrogen-bond acceptors (Lipinski definition) is 4. The van der Waals surface area contributed by atoms with E-state index >= 15 is 0 Å². The predicted molar refractivity (Wildman–Crippen MR) is 104 cm³/mol. The summed E-state index contributed by atoms with van der Waals surface area (Å²) in [5.74, 6) is -0.257. The van der Waals surface area contributed by atoms with Crippen molar-refractivity contribution in [2.75, 3.05) is 31.6 Å². The van der Waals surface area contributed by atoms with Gasteiger partial charge in [-0.25, -0.2) is 0 Å². The van der Waals surface area contributed by atoms with Crippen LogP contribution in [0.2, 0.25) is 0 Å². The molecule has 2 aromatic rings. The van der Waals surface area contributed by atoms with Gasteiger partial charge >= 0.3 is 6.18 Å². The maximum Gasteiger partial charge on any atom is 0.418 e. The Bertz CT molecular complexity index is 1110. The van der Waals surface area contributed by atoms with Crippen LogP contribution < -0.4 is 4.90 Å². The van der Waals surface area contributed by atoms with E-state index in [0.717, 1.165) is 27.8 Å². The first-order valence-corrected chi connectivity index (χ1v) is 9.87. The molecule has 1 atom stereocenters. The number of aromatic amines is 1. The summed E-state index contributed by atoms with van der Waals surface area (Å²) in [5.41, 5.74) is 2.16. The summed E-state index contributed by atoms with van der Waals surface area (Å²) in [6.45, 7) is 1.84. The molecule has 1 N–H and O–H groups in total. The highest BCUT2D eigenvalue weighted by atomic mass is 19.4. The molecule has 162 valence electrons. The van der Waals surface area contributed by atoms with Gasteiger partial charge in [0.25, 0.3) is 5.91 Å².